The van der Waals surface area contributed by atoms with Crippen molar-refractivity contribution in [3.8, 4) is 0 Å². The normalized spacial score (nSPS) is 15.4. The van der Waals surface area contributed by atoms with E-state index in [1.165, 1.54) is 19.4 Å². The first-order valence-electron chi connectivity index (χ1n) is 6.53. The van der Waals surface area contributed by atoms with Crippen molar-refractivity contribution in [1.82, 2.24) is 4.90 Å². The van der Waals surface area contributed by atoms with Crippen LogP contribution in [0.2, 0.25) is 0 Å². The van der Waals surface area contributed by atoms with E-state index < -0.39 is 0 Å². The van der Waals surface area contributed by atoms with E-state index in [1.807, 2.05) is 0 Å². The molecule has 0 N–H and O–H groups in total. The Morgan fingerprint density at radius 1 is 1.25 bits per heavy atom. The third-order valence-corrected chi connectivity index (χ3v) is 3.12. The molecule has 0 aromatic heterocycles. The molecule has 0 heterocycles. The molecule has 1 nitrogen and oxygen atoms in total. The lowest BCUT2D eigenvalue weighted by molar-refractivity contribution is 0.276. The van der Waals surface area contributed by atoms with E-state index in [-0.39, 0.29) is 0 Å². The zero-order chi connectivity index (χ0) is 12.6. The minimum Gasteiger partial charge on any atom is -0.304 e. The predicted octanol–water partition coefficient (Wildman–Crippen LogP) is 4.27. The minimum absolute atomic E-state index is 0.573. The van der Waals surface area contributed by atoms with Crippen LogP contribution < -0.4 is 0 Å². The standard InChI is InChI=1S/C15H29N/c1-7-9-14(5)12-15(8-2)10-11-16(6)13(3)4/h7,9,12-14H,8,10-11H2,1-6H3. The maximum Gasteiger partial charge on any atom is 0.00356 e. The molecule has 0 aromatic rings. The summed E-state index contributed by atoms with van der Waals surface area (Å²) in [4.78, 5) is 2.41. The molecule has 0 radical (unpaired) electrons. The molecule has 94 valence electrons. The molecule has 0 aromatic carbocycles. The van der Waals surface area contributed by atoms with Crippen molar-refractivity contribution < 1.29 is 0 Å². The summed E-state index contributed by atoms with van der Waals surface area (Å²) in [5.41, 5.74) is 1.58. The Balaban J connectivity index is 4.19. The van der Waals surface area contributed by atoms with Crippen LogP contribution >= 0.6 is 0 Å². The van der Waals surface area contributed by atoms with E-state index in [1.54, 1.807) is 5.57 Å². The second-order valence-electron chi connectivity index (χ2n) is 4.89. The quantitative estimate of drug-likeness (QED) is 0.583. The largest absolute Gasteiger partial charge is 0.304 e. The van der Waals surface area contributed by atoms with E-state index >= 15 is 0 Å². The first-order valence-corrected chi connectivity index (χ1v) is 6.53. The molecule has 16 heavy (non-hydrogen) atoms. The summed E-state index contributed by atoms with van der Waals surface area (Å²) in [6.45, 7) is 12.3. The van der Waals surface area contributed by atoms with E-state index in [0.717, 1.165) is 0 Å². The molecule has 1 atom stereocenters. The van der Waals surface area contributed by atoms with Crippen molar-refractivity contribution in [2.75, 3.05) is 13.6 Å². The van der Waals surface area contributed by atoms with Crippen LogP contribution in [0.15, 0.2) is 23.8 Å². The van der Waals surface area contributed by atoms with Gasteiger partial charge < -0.3 is 4.90 Å². The molecule has 0 saturated heterocycles. The second-order valence-corrected chi connectivity index (χ2v) is 4.89. The molecule has 0 spiro atoms. The van der Waals surface area contributed by atoms with Gasteiger partial charge in [-0.1, -0.05) is 37.6 Å². The fourth-order valence-corrected chi connectivity index (χ4v) is 1.69. The molecule has 0 saturated carbocycles. The summed E-state index contributed by atoms with van der Waals surface area (Å²) >= 11 is 0. The maximum absolute atomic E-state index is 2.41. The summed E-state index contributed by atoms with van der Waals surface area (Å²) in [6.07, 6.45) is 9.17. The molecule has 0 aliphatic heterocycles. The molecule has 0 aliphatic rings. The molecule has 0 fully saturated rings. The minimum atomic E-state index is 0.573. The molecule has 0 rings (SSSR count). The van der Waals surface area contributed by atoms with E-state index in [0.29, 0.717) is 12.0 Å². The molecule has 1 unspecified atom stereocenters. The van der Waals surface area contributed by atoms with Crippen molar-refractivity contribution in [1.29, 1.82) is 0 Å². The first-order chi connectivity index (χ1) is 7.51. The van der Waals surface area contributed by atoms with Gasteiger partial charge in [-0.15, -0.1) is 0 Å². The monoisotopic (exact) mass is 223 g/mol. The summed E-state index contributed by atoms with van der Waals surface area (Å²) in [5.74, 6) is 0.573. The van der Waals surface area contributed by atoms with Gasteiger partial charge in [-0.3, -0.25) is 0 Å². The van der Waals surface area contributed by atoms with E-state index in [2.05, 4.69) is 64.8 Å². The van der Waals surface area contributed by atoms with Crippen LogP contribution in [0.25, 0.3) is 0 Å². The number of hydrogen-bond donors (Lipinski definition) is 0. The van der Waals surface area contributed by atoms with Crippen molar-refractivity contribution in [3.05, 3.63) is 23.8 Å². The number of rotatable bonds is 7. The van der Waals surface area contributed by atoms with Crippen LogP contribution in [-0.2, 0) is 0 Å². The lowest BCUT2D eigenvalue weighted by atomic mass is 10.0. The van der Waals surface area contributed by atoms with E-state index in [9.17, 15) is 0 Å². The lowest BCUT2D eigenvalue weighted by Gasteiger charge is -2.21. The third-order valence-electron chi connectivity index (χ3n) is 3.12. The smallest absolute Gasteiger partial charge is 0.00356 e. The van der Waals surface area contributed by atoms with Crippen LogP contribution in [0.3, 0.4) is 0 Å². The van der Waals surface area contributed by atoms with E-state index in [4.69, 9.17) is 0 Å². The van der Waals surface area contributed by atoms with Crippen molar-refractivity contribution in [2.24, 2.45) is 5.92 Å². The number of nitrogens with zero attached hydrogens (tertiary/aromatic N) is 1. The Morgan fingerprint density at radius 2 is 1.88 bits per heavy atom. The zero-order valence-corrected chi connectivity index (χ0v) is 12.0. The highest BCUT2D eigenvalue weighted by molar-refractivity contribution is 5.08. The Bertz CT molecular complexity index is 226. The van der Waals surface area contributed by atoms with Gasteiger partial charge in [0.15, 0.2) is 0 Å². The molecular weight excluding hydrogens is 194 g/mol. The van der Waals surface area contributed by atoms with Gasteiger partial charge in [0, 0.05) is 12.6 Å². The van der Waals surface area contributed by atoms with Crippen LogP contribution in [0.4, 0.5) is 0 Å². The number of hydrogen-bond acceptors (Lipinski definition) is 1. The van der Waals surface area contributed by atoms with Gasteiger partial charge in [-0.05, 0) is 46.6 Å². The van der Waals surface area contributed by atoms with Gasteiger partial charge in [0.1, 0.15) is 0 Å². The summed E-state index contributed by atoms with van der Waals surface area (Å²) in [5, 5.41) is 0. The summed E-state index contributed by atoms with van der Waals surface area (Å²) < 4.78 is 0. The van der Waals surface area contributed by atoms with Gasteiger partial charge in [-0.2, -0.15) is 0 Å². The van der Waals surface area contributed by atoms with Crippen LogP contribution in [-0.4, -0.2) is 24.5 Å². The average molecular weight is 223 g/mol. The van der Waals surface area contributed by atoms with Gasteiger partial charge in [-0.25, -0.2) is 0 Å². The summed E-state index contributed by atoms with van der Waals surface area (Å²) in [6, 6.07) is 0.645. The molecule has 0 bridgehead atoms. The first kappa shape index (κ1) is 15.4. The average Bonchev–Trinajstić information content (AvgIpc) is 2.23. The van der Waals surface area contributed by atoms with Gasteiger partial charge in [0.25, 0.3) is 0 Å². The van der Waals surface area contributed by atoms with Crippen LogP contribution in [0.1, 0.15) is 47.5 Å². The number of allylic oxidation sites excluding steroid dienone is 3. The Labute approximate surface area is 102 Å². The van der Waals surface area contributed by atoms with Gasteiger partial charge >= 0.3 is 0 Å². The third kappa shape index (κ3) is 6.84. The topological polar surface area (TPSA) is 3.24 Å². The Kier molecular flexibility index (Phi) is 8.28. The fourth-order valence-electron chi connectivity index (χ4n) is 1.69. The van der Waals surface area contributed by atoms with Gasteiger partial charge in [0.05, 0.1) is 0 Å². The lowest BCUT2D eigenvalue weighted by Crippen LogP contribution is -2.27. The highest BCUT2D eigenvalue weighted by atomic mass is 15.1. The fraction of sp³-hybridized carbons (Fsp3) is 0.733. The summed E-state index contributed by atoms with van der Waals surface area (Å²) in [7, 11) is 2.20. The highest BCUT2D eigenvalue weighted by Crippen LogP contribution is 2.13. The Morgan fingerprint density at radius 3 is 2.31 bits per heavy atom. The predicted molar refractivity (Wildman–Crippen MR) is 74.7 cm³/mol. The molecule has 0 aliphatic carbocycles. The zero-order valence-electron chi connectivity index (χ0n) is 12.0. The maximum atomic E-state index is 2.41. The van der Waals surface area contributed by atoms with Crippen LogP contribution in [0.5, 0.6) is 0 Å². The molecule has 0 amide bonds. The van der Waals surface area contributed by atoms with Gasteiger partial charge in [0.2, 0.25) is 0 Å². The SMILES string of the molecule is CC=CC(C)C=C(CC)CCN(C)C(C)C. The molecular formula is C15H29N. The van der Waals surface area contributed by atoms with Crippen LogP contribution in [0, 0.1) is 5.92 Å². The molecule has 1 heteroatoms. The van der Waals surface area contributed by atoms with Crippen molar-refractivity contribution in [2.45, 2.75) is 53.5 Å². The van der Waals surface area contributed by atoms with Crippen molar-refractivity contribution >= 4 is 0 Å². The second kappa shape index (κ2) is 8.58. The Hall–Kier alpha value is -0.560. The highest BCUT2D eigenvalue weighted by Gasteiger charge is 2.04. The van der Waals surface area contributed by atoms with Crippen molar-refractivity contribution in [3.63, 3.8) is 0 Å².